The van der Waals surface area contributed by atoms with Gasteiger partial charge in [0, 0.05) is 37.3 Å². The van der Waals surface area contributed by atoms with E-state index in [0.717, 1.165) is 15.9 Å². The van der Waals surface area contributed by atoms with Crippen LogP contribution in [0.4, 0.5) is 10.1 Å². The molecule has 2 heterocycles. The Hall–Kier alpha value is -5.07. The first-order valence-corrected chi connectivity index (χ1v) is 13.3. The molecule has 2 aromatic carbocycles. The van der Waals surface area contributed by atoms with Crippen LogP contribution in [0.2, 0.25) is 0 Å². The fourth-order valence-corrected chi connectivity index (χ4v) is 5.08. The number of likely N-dealkylation sites (N-methyl/N-ethyl adjacent to an activating group) is 1. The van der Waals surface area contributed by atoms with E-state index in [1.807, 2.05) is 0 Å². The van der Waals surface area contributed by atoms with Crippen molar-refractivity contribution in [3.8, 4) is 5.75 Å². The van der Waals surface area contributed by atoms with Crippen molar-refractivity contribution < 1.29 is 37.9 Å². The number of hydrogen-bond acceptors (Lipinski definition) is 8. The number of imide groups is 2. The predicted octanol–water partition coefficient (Wildman–Crippen LogP) is 1.54. The van der Waals surface area contributed by atoms with E-state index < -0.39 is 53.3 Å². The van der Waals surface area contributed by atoms with Gasteiger partial charge in [0.25, 0.3) is 11.8 Å². The summed E-state index contributed by atoms with van der Waals surface area (Å²) in [5.74, 6) is -4.75. The molecule has 2 atom stereocenters. The van der Waals surface area contributed by atoms with Crippen LogP contribution < -0.4 is 20.7 Å². The summed E-state index contributed by atoms with van der Waals surface area (Å²) in [6, 6.07) is 6.34. The second-order valence-electron chi connectivity index (χ2n) is 9.50. The molecular formula is C29H30FN5O7. The molecule has 0 spiro atoms. The van der Waals surface area contributed by atoms with Gasteiger partial charge < -0.3 is 20.3 Å². The van der Waals surface area contributed by atoms with Crippen LogP contribution in [-0.2, 0) is 19.2 Å². The molecule has 0 aliphatic carbocycles. The summed E-state index contributed by atoms with van der Waals surface area (Å²) in [6.45, 7) is 5.27. The van der Waals surface area contributed by atoms with Gasteiger partial charge in [0.2, 0.25) is 23.6 Å². The van der Waals surface area contributed by atoms with E-state index in [-0.39, 0.29) is 60.6 Å². The van der Waals surface area contributed by atoms with Gasteiger partial charge in [-0.1, -0.05) is 24.8 Å². The van der Waals surface area contributed by atoms with Gasteiger partial charge in [0.05, 0.1) is 18.2 Å². The highest BCUT2D eigenvalue weighted by Crippen LogP contribution is 2.33. The first-order chi connectivity index (χ1) is 20.1. The molecule has 2 unspecified atom stereocenters. The predicted molar refractivity (Wildman–Crippen MR) is 148 cm³/mol. The Morgan fingerprint density at radius 2 is 1.93 bits per heavy atom. The summed E-state index contributed by atoms with van der Waals surface area (Å²) in [7, 11) is 1.28. The van der Waals surface area contributed by atoms with Crippen LogP contribution in [-0.4, -0.2) is 78.0 Å². The lowest BCUT2D eigenvalue weighted by molar-refractivity contribution is -0.137. The number of hydrogen-bond donors (Lipinski definition) is 3. The molecule has 0 aromatic heterocycles. The highest BCUT2D eigenvalue weighted by molar-refractivity contribution is 6.25. The van der Waals surface area contributed by atoms with Crippen molar-refractivity contribution in [2.45, 2.75) is 31.8 Å². The molecule has 42 heavy (non-hydrogen) atoms. The number of benzene rings is 2. The Morgan fingerprint density at radius 3 is 2.60 bits per heavy atom. The summed E-state index contributed by atoms with van der Waals surface area (Å²) < 4.78 is 20.4. The van der Waals surface area contributed by atoms with Crippen molar-refractivity contribution in [2.24, 2.45) is 0 Å². The van der Waals surface area contributed by atoms with Gasteiger partial charge in [-0.25, -0.2) is 4.39 Å². The summed E-state index contributed by atoms with van der Waals surface area (Å²) >= 11 is 0. The first kappa shape index (κ1) is 29.9. The first-order valence-electron chi connectivity index (χ1n) is 13.3. The Labute approximate surface area is 240 Å². The van der Waals surface area contributed by atoms with Crippen LogP contribution in [0, 0.1) is 5.82 Å². The molecular weight excluding hydrogens is 549 g/mol. The van der Waals surface area contributed by atoms with Crippen LogP contribution in [0.5, 0.6) is 5.75 Å². The van der Waals surface area contributed by atoms with Gasteiger partial charge in [-0.05, 0) is 37.6 Å². The molecule has 0 bridgehead atoms. The van der Waals surface area contributed by atoms with Crippen molar-refractivity contribution >= 4 is 41.1 Å². The molecule has 2 aliphatic heterocycles. The molecule has 0 saturated carbocycles. The maximum Gasteiger partial charge on any atom is 0.264 e. The number of anilines is 1. The summed E-state index contributed by atoms with van der Waals surface area (Å²) in [6.07, 6.45) is 1.01. The fourth-order valence-electron chi connectivity index (χ4n) is 5.08. The molecule has 6 amide bonds. The lowest BCUT2D eigenvalue weighted by Crippen LogP contribution is -2.54. The average Bonchev–Trinajstić information content (AvgIpc) is 3.23. The zero-order chi connectivity index (χ0) is 30.6. The minimum atomic E-state index is -1.37. The molecule has 1 fully saturated rings. The van der Waals surface area contributed by atoms with Crippen molar-refractivity contribution in [1.82, 2.24) is 20.4 Å². The van der Waals surface area contributed by atoms with Crippen molar-refractivity contribution in [2.75, 3.05) is 32.1 Å². The quantitative estimate of drug-likeness (QED) is 0.268. The molecule has 3 N–H and O–H groups in total. The monoisotopic (exact) mass is 579 g/mol. The molecule has 0 radical (unpaired) electrons. The topological polar surface area (TPSA) is 154 Å². The molecule has 2 aliphatic rings. The third-order valence-corrected chi connectivity index (χ3v) is 7.01. The van der Waals surface area contributed by atoms with Gasteiger partial charge in [0.15, 0.2) is 11.6 Å². The van der Waals surface area contributed by atoms with Crippen LogP contribution >= 0.6 is 0 Å². The lowest BCUT2D eigenvalue weighted by atomic mass is 10.0. The van der Waals surface area contributed by atoms with Crippen molar-refractivity contribution in [3.63, 3.8) is 0 Å². The molecule has 2 aromatic rings. The van der Waals surface area contributed by atoms with Crippen LogP contribution in [0.15, 0.2) is 49.1 Å². The van der Waals surface area contributed by atoms with Gasteiger partial charge >= 0.3 is 0 Å². The Morgan fingerprint density at radius 1 is 1.19 bits per heavy atom. The number of rotatable bonds is 11. The van der Waals surface area contributed by atoms with Crippen molar-refractivity contribution in [1.29, 1.82) is 0 Å². The van der Waals surface area contributed by atoms with Crippen LogP contribution in [0.3, 0.4) is 0 Å². The smallest absolute Gasteiger partial charge is 0.264 e. The zero-order valence-electron chi connectivity index (χ0n) is 23.1. The van der Waals surface area contributed by atoms with Gasteiger partial charge in [-0.3, -0.25) is 39.0 Å². The summed E-state index contributed by atoms with van der Waals surface area (Å²) in [5, 5.41) is 7.81. The molecule has 12 nitrogen and oxygen atoms in total. The van der Waals surface area contributed by atoms with Gasteiger partial charge in [-0.2, -0.15) is 0 Å². The number of nitrogens with one attached hydrogen (secondary N) is 3. The lowest BCUT2D eigenvalue weighted by Gasteiger charge is -2.31. The number of fused-ring (bicyclic) bond motifs is 1. The normalized spacial score (nSPS) is 16.8. The van der Waals surface area contributed by atoms with Crippen LogP contribution in [0.1, 0.15) is 52.1 Å². The van der Waals surface area contributed by atoms with E-state index in [9.17, 15) is 28.8 Å². The summed E-state index contributed by atoms with van der Waals surface area (Å²) in [5.41, 5.74) is 0.283. The Bertz CT molecular complexity index is 1480. The molecule has 4 rings (SSSR count). The Kier molecular flexibility index (Phi) is 8.99. The maximum absolute atomic E-state index is 15.3. The molecule has 1 saturated heterocycles. The SMILES string of the molecule is C=CC(=O)N(CCNc1cccc2c1C(=O)N(C1CCC(=O)NC1=O)C2=O)C(C(=O)NCC)c1cccc(OC)c1F. The largest absolute Gasteiger partial charge is 0.494 e. The van der Waals surface area contributed by atoms with Crippen molar-refractivity contribution in [3.05, 3.63) is 71.6 Å². The van der Waals surface area contributed by atoms with E-state index >= 15 is 4.39 Å². The number of carbonyl (C=O) groups is 6. The maximum atomic E-state index is 15.3. The summed E-state index contributed by atoms with van der Waals surface area (Å²) in [4.78, 5) is 78.6. The van der Waals surface area contributed by atoms with Gasteiger partial charge in [-0.15, -0.1) is 0 Å². The minimum absolute atomic E-state index is 0.0112. The standard InChI is InChI=1S/C29H30FN5O7/c1-4-22(37)34(25(27(39)31-5-2)17-9-7-11-20(42-3)24(17)30)15-14-32-18-10-6-8-16-23(18)29(41)35(28(16)40)19-12-13-21(36)33-26(19)38/h4,6-11,19,25,32H,1,5,12-15H2,2-3H3,(H,31,39)(H,33,36,38). The van der Waals surface area contributed by atoms with E-state index in [1.54, 1.807) is 19.1 Å². The Balaban J connectivity index is 1.60. The number of amides is 6. The second-order valence-corrected chi connectivity index (χ2v) is 9.50. The number of ether oxygens (including phenoxy) is 1. The molecule has 13 heteroatoms. The third-order valence-electron chi connectivity index (χ3n) is 7.01. The number of nitrogens with zero attached hydrogens (tertiary/aromatic N) is 2. The third kappa shape index (κ3) is 5.57. The highest BCUT2D eigenvalue weighted by atomic mass is 19.1. The number of methoxy groups -OCH3 is 1. The highest BCUT2D eigenvalue weighted by Gasteiger charge is 2.45. The zero-order valence-corrected chi connectivity index (χ0v) is 23.1. The number of carbonyl (C=O) groups excluding carboxylic acids is 6. The fraction of sp³-hybridized carbons (Fsp3) is 0.310. The number of piperidine rings is 1. The van der Waals surface area contributed by atoms with E-state index in [2.05, 4.69) is 22.5 Å². The van der Waals surface area contributed by atoms with Crippen LogP contribution in [0.25, 0.3) is 0 Å². The second kappa shape index (κ2) is 12.6. The van der Waals surface area contributed by atoms with E-state index in [4.69, 9.17) is 4.74 Å². The van der Waals surface area contributed by atoms with E-state index in [1.165, 1.54) is 31.4 Å². The molecule has 220 valence electrons. The minimum Gasteiger partial charge on any atom is -0.494 e. The van der Waals surface area contributed by atoms with E-state index in [0.29, 0.717) is 0 Å². The van der Waals surface area contributed by atoms with Gasteiger partial charge in [0.1, 0.15) is 12.1 Å². The number of halogens is 1. The average molecular weight is 580 g/mol.